The smallest absolute Gasteiger partial charge is 0.248 e. The summed E-state index contributed by atoms with van der Waals surface area (Å²) < 4.78 is 11.9. The van der Waals surface area contributed by atoms with Gasteiger partial charge in [0.2, 0.25) is 47.4 Å². The van der Waals surface area contributed by atoms with Crippen LogP contribution in [-0.4, -0.2) is 241 Å². The average molecular weight is 1640 g/mol. The number of anilines is 12. The molecule has 12 heterocycles. The van der Waals surface area contributed by atoms with E-state index in [0.29, 0.717) is 49.1 Å². The molecule has 0 bridgehead atoms. The molecule has 4 fully saturated rings. The Morgan fingerprint density at radius 3 is 0.926 bits per heavy atom. The SMILES string of the molecule is CC(C)C(=O)N1CCCN(c2cc(-n3cnc(Nc4ccccc4)n3)ccn2)CC1.CC(C)CC(=O)N1CCCN(c2cc(-n3cnc(Nc4ccccc4)n3)ccn2)CC1.CCCC(=O)N1CCCN(c2cc(-n3cnc(Nc4ccccc4)n3)ccn2)CC1.COCC(=O)N1CCCN(c2cc(-n3cnc(Nc4ccccc4)n3)ccn2)CC1. The lowest BCUT2D eigenvalue weighted by molar-refractivity contribution is -0.135. The third kappa shape index (κ3) is 24.7. The molecule has 0 unspecified atom stereocenters. The topological polar surface area (TPSA) is 326 Å². The largest absolute Gasteiger partial charge is 0.375 e. The van der Waals surface area contributed by atoms with Gasteiger partial charge in [-0.25, -0.2) is 38.7 Å². The predicted octanol–water partition coefficient (Wildman–Crippen LogP) is 11.9. The number of aromatic nitrogens is 16. The second kappa shape index (κ2) is 43.1. The molecule has 630 valence electrons. The molecule has 0 saturated carbocycles. The van der Waals surface area contributed by atoms with Crippen molar-refractivity contribution in [3.05, 3.63) is 220 Å². The molecule has 12 aromatic rings. The Labute approximate surface area is 705 Å². The summed E-state index contributed by atoms with van der Waals surface area (Å²) in [5.41, 5.74) is 7.33. The van der Waals surface area contributed by atoms with Crippen LogP contribution in [-0.2, 0) is 23.9 Å². The van der Waals surface area contributed by atoms with Crippen LogP contribution in [0.15, 0.2) is 220 Å². The van der Waals surface area contributed by atoms with Gasteiger partial charge in [0.1, 0.15) is 55.2 Å². The Morgan fingerprint density at radius 2 is 0.636 bits per heavy atom. The fourth-order valence-corrected chi connectivity index (χ4v) is 14.3. The van der Waals surface area contributed by atoms with Gasteiger partial charge in [0, 0.05) is 202 Å². The number of carbonyl (C=O) groups is 4. The molecule has 16 rings (SSSR count). The first-order valence-corrected chi connectivity index (χ1v) is 41.6. The van der Waals surface area contributed by atoms with E-state index in [1.165, 1.54) is 0 Å². The Morgan fingerprint density at radius 1 is 0.347 bits per heavy atom. The lowest BCUT2D eigenvalue weighted by Gasteiger charge is -2.24. The van der Waals surface area contributed by atoms with Crippen LogP contribution in [0.5, 0.6) is 0 Å². The average Bonchev–Trinajstić information content (AvgIpc) is 1.71. The first kappa shape index (κ1) is 85.2. The second-order valence-electron chi connectivity index (χ2n) is 30.3. The van der Waals surface area contributed by atoms with Gasteiger partial charge in [-0.1, -0.05) is 107 Å². The predicted molar refractivity (Wildman–Crippen MR) is 470 cm³/mol. The number of para-hydroxylation sites is 4. The molecule has 121 heavy (non-hydrogen) atoms. The number of nitrogens with one attached hydrogen (secondary N) is 4. The van der Waals surface area contributed by atoms with Gasteiger partial charge < -0.3 is 65.2 Å². The van der Waals surface area contributed by atoms with Crippen molar-refractivity contribution >= 4 is 93.4 Å². The molecule has 0 radical (unpaired) electrons. The van der Waals surface area contributed by atoms with Gasteiger partial charge in [-0.2, -0.15) is 19.9 Å². The van der Waals surface area contributed by atoms with Gasteiger partial charge in [-0.15, -0.1) is 20.4 Å². The van der Waals surface area contributed by atoms with Crippen molar-refractivity contribution in [2.45, 2.75) is 79.6 Å². The Hall–Kier alpha value is -13.7. The molecule has 33 heteroatoms. The van der Waals surface area contributed by atoms with E-state index in [2.05, 4.69) is 115 Å². The van der Waals surface area contributed by atoms with Crippen molar-refractivity contribution in [3.63, 3.8) is 0 Å². The molecule has 33 nitrogen and oxygen atoms in total. The van der Waals surface area contributed by atoms with Crippen molar-refractivity contribution in [3.8, 4) is 22.7 Å². The minimum atomic E-state index is 0.0297. The fraction of sp³-hybridized carbons (Fsp3) is 0.364. The Balaban J connectivity index is 0.000000139. The molecular formula is C88H108N28O5. The van der Waals surface area contributed by atoms with E-state index in [-0.39, 0.29) is 36.2 Å². The number of methoxy groups -OCH3 is 1. The van der Waals surface area contributed by atoms with Crippen LogP contribution in [0.4, 0.5) is 69.8 Å². The molecule has 4 aliphatic rings. The number of pyridine rings is 4. The van der Waals surface area contributed by atoms with Gasteiger partial charge in [-0.05, 0) is 111 Å². The minimum absolute atomic E-state index is 0.0297. The zero-order chi connectivity index (χ0) is 84.1. The lowest BCUT2D eigenvalue weighted by atomic mass is 10.1. The van der Waals surface area contributed by atoms with Gasteiger partial charge in [0.15, 0.2) is 0 Å². The summed E-state index contributed by atoms with van der Waals surface area (Å²) in [7, 11) is 1.54. The summed E-state index contributed by atoms with van der Waals surface area (Å²) in [6.45, 7) is 22.8. The number of hydrogen-bond donors (Lipinski definition) is 4. The highest BCUT2D eigenvalue weighted by atomic mass is 16.5. The van der Waals surface area contributed by atoms with E-state index >= 15 is 0 Å². The van der Waals surface area contributed by atoms with Gasteiger partial charge in [-0.3, -0.25) is 19.2 Å². The highest BCUT2D eigenvalue weighted by Gasteiger charge is 2.26. The molecule has 4 aliphatic heterocycles. The Kier molecular flexibility index (Phi) is 30.4. The van der Waals surface area contributed by atoms with Gasteiger partial charge >= 0.3 is 0 Å². The van der Waals surface area contributed by atoms with Crippen LogP contribution >= 0.6 is 0 Å². The molecule has 4 N–H and O–H groups in total. The molecule has 4 aromatic carbocycles. The molecule has 4 amide bonds. The number of nitrogens with zero attached hydrogens (tertiary/aromatic N) is 24. The van der Waals surface area contributed by atoms with Crippen molar-refractivity contribution in [1.82, 2.24) is 98.6 Å². The molecule has 0 aliphatic carbocycles. The highest BCUT2D eigenvalue weighted by Crippen LogP contribution is 2.26. The molecule has 0 spiro atoms. The monoisotopic (exact) mass is 1640 g/mol. The zero-order valence-electron chi connectivity index (χ0n) is 69.7. The first-order valence-electron chi connectivity index (χ1n) is 41.6. The molecular weight excluding hydrogens is 1530 g/mol. The van der Waals surface area contributed by atoms with Crippen LogP contribution in [0.3, 0.4) is 0 Å². The number of hydrogen-bond acceptors (Lipinski definition) is 25. The normalized spacial score (nSPS) is 14.5. The fourth-order valence-electron chi connectivity index (χ4n) is 14.3. The number of rotatable bonds is 23. The van der Waals surface area contributed by atoms with E-state index in [0.717, 1.165) is 199 Å². The summed E-state index contributed by atoms with van der Waals surface area (Å²) >= 11 is 0. The number of benzene rings is 4. The number of ether oxygens (including phenoxy) is 1. The maximum absolute atomic E-state index is 12.4. The van der Waals surface area contributed by atoms with E-state index in [4.69, 9.17) is 4.74 Å². The van der Waals surface area contributed by atoms with Gasteiger partial charge in [0.05, 0.1) is 22.7 Å². The quantitative estimate of drug-likeness (QED) is 0.0462. The van der Waals surface area contributed by atoms with Crippen molar-refractivity contribution < 1.29 is 23.9 Å². The van der Waals surface area contributed by atoms with Crippen molar-refractivity contribution in [1.29, 1.82) is 0 Å². The van der Waals surface area contributed by atoms with Crippen LogP contribution in [0.1, 0.15) is 79.6 Å². The van der Waals surface area contributed by atoms with E-state index in [1.54, 1.807) is 75.9 Å². The van der Waals surface area contributed by atoms with Crippen LogP contribution in [0, 0.1) is 11.8 Å². The number of amides is 4. The lowest BCUT2D eigenvalue weighted by Crippen LogP contribution is -2.37. The second-order valence-corrected chi connectivity index (χ2v) is 30.3. The maximum Gasteiger partial charge on any atom is 0.248 e. The summed E-state index contributed by atoms with van der Waals surface area (Å²) in [4.78, 5) is 101. The summed E-state index contributed by atoms with van der Waals surface area (Å²) in [6.07, 6.45) is 19.7. The van der Waals surface area contributed by atoms with Crippen molar-refractivity contribution in [2.24, 2.45) is 11.8 Å². The third-order valence-electron chi connectivity index (χ3n) is 20.5. The summed E-state index contributed by atoms with van der Waals surface area (Å²) in [5.74, 6) is 6.86. The summed E-state index contributed by atoms with van der Waals surface area (Å²) in [6, 6.07) is 55.0. The standard InChI is InChI=1S/C23H29N7O.2C22H27N7O.C21H25N7O2/c1-18(2)15-22(31)29-12-6-11-28(13-14-29)21-16-20(9-10-24-21)30-17-25-23(27-30)26-19-7-4-3-5-8-19;1-17(2)21(30)28-12-6-11-27(13-14-28)20-15-19(9-10-23-20)29-16-24-22(26-29)25-18-7-4-3-5-8-18;1-2-7-21(30)28-13-6-12-27(14-15-28)20-16-19(10-11-23-20)29-17-24-22(26-29)25-18-8-4-3-5-9-18;1-30-15-20(29)27-11-5-10-26(12-13-27)19-14-18(8-9-22-19)28-16-23-21(25-28)24-17-6-3-2-4-7-17/h3-5,7-10,16-18H,6,11-15H2,1-2H3,(H,26,27);3-5,7-10,15-17H,6,11-14H2,1-2H3,(H,25,26);3-5,8-11,16-17H,2,6-7,12-15H2,1H3,(H,25,26);2-4,6-9,14,16H,5,10-13,15H2,1H3,(H,24,25). The van der Waals surface area contributed by atoms with Crippen LogP contribution < -0.4 is 40.9 Å². The Bertz CT molecular complexity index is 5060. The highest BCUT2D eigenvalue weighted by molar-refractivity contribution is 5.79. The van der Waals surface area contributed by atoms with Crippen molar-refractivity contribution in [2.75, 3.05) is 159 Å². The minimum Gasteiger partial charge on any atom is -0.375 e. The molecule has 8 aromatic heterocycles. The first-order chi connectivity index (χ1) is 59.1. The van der Waals surface area contributed by atoms with Gasteiger partial charge in [0.25, 0.3) is 0 Å². The summed E-state index contributed by atoms with van der Waals surface area (Å²) in [5, 5.41) is 30.9. The van der Waals surface area contributed by atoms with E-state index in [9.17, 15) is 19.2 Å². The molecule has 0 atom stereocenters. The van der Waals surface area contributed by atoms with E-state index in [1.807, 2.05) is 210 Å². The van der Waals surface area contributed by atoms with E-state index < -0.39 is 0 Å². The van der Waals surface area contributed by atoms with Crippen LogP contribution in [0.25, 0.3) is 22.7 Å². The number of carbonyl (C=O) groups excluding carboxylic acids is 4. The maximum atomic E-state index is 12.4. The zero-order valence-corrected chi connectivity index (χ0v) is 69.7. The molecule has 4 saturated heterocycles. The van der Waals surface area contributed by atoms with Crippen LogP contribution in [0.2, 0.25) is 0 Å². The third-order valence-corrected chi connectivity index (χ3v) is 20.5.